The highest BCUT2D eigenvalue weighted by molar-refractivity contribution is 7.97. The highest BCUT2D eigenvalue weighted by atomic mass is 32.2. The van der Waals surface area contributed by atoms with Crippen LogP contribution in [-0.4, -0.2) is 76.4 Å². The fraction of sp³-hybridized carbons (Fsp3) is 0.386. The molecule has 1 saturated heterocycles. The van der Waals surface area contributed by atoms with Crippen molar-refractivity contribution in [3.05, 3.63) is 95.8 Å². The van der Waals surface area contributed by atoms with Gasteiger partial charge in [-0.05, 0) is 134 Å². The zero-order valence-electron chi connectivity index (χ0n) is 33.0. The highest BCUT2D eigenvalue weighted by Gasteiger charge is 2.31. The number of fused-ring (bicyclic) bond motifs is 1. The van der Waals surface area contributed by atoms with Crippen LogP contribution in [0.3, 0.4) is 0 Å². The summed E-state index contributed by atoms with van der Waals surface area (Å²) in [6.45, 7) is 10.2. The number of hydrogen-bond acceptors (Lipinski definition) is 11. The number of pyridine rings is 1. The largest absolute Gasteiger partial charge is 0.508 e. The van der Waals surface area contributed by atoms with Crippen LogP contribution in [0.25, 0.3) is 33.3 Å². The molecule has 6 rings (SSSR count). The van der Waals surface area contributed by atoms with E-state index in [4.69, 9.17) is 14.5 Å². The predicted octanol–water partition coefficient (Wildman–Crippen LogP) is 7.63. The van der Waals surface area contributed by atoms with Crippen LogP contribution in [0.4, 0.5) is 0 Å². The van der Waals surface area contributed by atoms with Gasteiger partial charge in [-0.2, -0.15) is 0 Å². The molecule has 11 nitrogen and oxygen atoms in total. The molecule has 1 aliphatic heterocycles. The van der Waals surface area contributed by atoms with Gasteiger partial charge in [-0.3, -0.25) is 9.78 Å². The number of carbonyl (C=O) groups excluding carboxylic acids is 2. The lowest BCUT2D eigenvalue weighted by molar-refractivity contribution is -0.152. The first kappa shape index (κ1) is 40.9. The van der Waals surface area contributed by atoms with Crippen molar-refractivity contribution in [3.8, 4) is 33.9 Å². The Morgan fingerprint density at radius 3 is 2.59 bits per heavy atom. The third kappa shape index (κ3) is 9.62. The van der Waals surface area contributed by atoms with Crippen LogP contribution in [0, 0.1) is 5.41 Å². The molecule has 0 radical (unpaired) electrons. The second-order valence-corrected chi connectivity index (χ2v) is 16.3. The smallest absolute Gasteiger partial charge is 0.324 e. The van der Waals surface area contributed by atoms with Crippen LogP contribution < -0.4 is 10.1 Å². The molecule has 0 spiro atoms. The third-order valence-electron chi connectivity index (χ3n) is 10.3. The van der Waals surface area contributed by atoms with Crippen molar-refractivity contribution in [1.29, 1.82) is 0 Å². The Morgan fingerprint density at radius 2 is 1.88 bits per heavy atom. The van der Waals surface area contributed by atoms with Gasteiger partial charge in [0.15, 0.2) is 0 Å². The van der Waals surface area contributed by atoms with Crippen molar-refractivity contribution in [2.45, 2.75) is 83.0 Å². The minimum absolute atomic E-state index is 0.107. The molecular weight excluding hydrogens is 727 g/mol. The van der Waals surface area contributed by atoms with Gasteiger partial charge in [-0.15, -0.1) is 0 Å². The normalized spacial score (nSPS) is 16.1. The molecule has 296 valence electrons. The van der Waals surface area contributed by atoms with E-state index >= 15 is 0 Å². The molecule has 1 aliphatic rings. The van der Waals surface area contributed by atoms with Crippen molar-refractivity contribution in [2.75, 3.05) is 27.3 Å². The first-order valence-electron chi connectivity index (χ1n) is 19.2. The Bertz CT molecular complexity index is 2150. The lowest BCUT2D eigenvalue weighted by Gasteiger charge is -2.31. The quantitative estimate of drug-likeness (QED) is 0.0447. The predicted molar refractivity (Wildman–Crippen MR) is 221 cm³/mol. The monoisotopic (exact) mass is 779 g/mol. The minimum atomic E-state index is -0.520. The number of nitrogens with zero attached hydrogens (tertiary/aromatic N) is 3. The van der Waals surface area contributed by atoms with E-state index in [-0.39, 0.29) is 36.2 Å². The second-order valence-electron chi connectivity index (χ2n) is 15.4. The molecule has 2 aromatic heterocycles. The number of aldehydes is 1. The number of benzene rings is 3. The van der Waals surface area contributed by atoms with Gasteiger partial charge >= 0.3 is 5.97 Å². The molecule has 0 amide bonds. The number of ether oxygens (including phenoxy) is 2. The molecule has 0 saturated carbocycles. The van der Waals surface area contributed by atoms with E-state index in [1.165, 1.54) is 11.9 Å². The fourth-order valence-electron chi connectivity index (χ4n) is 7.46. The fourth-order valence-corrected chi connectivity index (χ4v) is 8.15. The zero-order chi connectivity index (χ0) is 40.0. The lowest BCUT2D eigenvalue weighted by Crippen LogP contribution is -2.51. The molecule has 5 aromatic rings. The maximum atomic E-state index is 13.2. The van der Waals surface area contributed by atoms with Crippen LogP contribution in [0.5, 0.6) is 11.5 Å². The Morgan fingerprint density at radius 1 is 1.09 bits per heavy atom. The Kier molecular flexibility index (Phi) is 13.2. The van der Waals surface area contributed by atoms with E-state index in [0.29, 0.717) is 19.4 Å². The minimum Gasteiger partial charge on any atom is -0.508 e. The standard InChI is InChI=1S/C44H53N5O6S/c1-7-49-40-17-12-30(31-20-29(22-34(52)23-31)21-32(26-50)47-56-35-15-13-33(51)14-16-35)24-37(40)38(42(49)36-10-8-18-45-41(36)28(2)54-6)25-44(3,4)27-55-43(53)39-11-9-19-48(5)46-39/h8,10,12-18,20,22-24,26,28,32,39,46-47,51-52H,7,9,11,19,21,25,27H2,1-6H3/t28?,32?,39-/m0/s1. The van der Waals surface area contributed by atoms with Gasteiger partial charge in [-0.25, -0.2) is 15.2 Å². The van der Waals surface area contributed by atoms with Gasteiger partial charge in [0.2, 0.25) is 0 Å². The number of hydrazine groups is 1. The number of nitrogens with one attached hydrogen (secondary N) is 2. The average Bonchev–Trinajstić information content (AvgIpc) is 3.49. The summed E-state index contributed by atoms with van der Waals surface area (Å²) in [5.41, 5.74) is 10.4. The summed E-state index contributed by atoms with van der Waals surface area (Å²) >= 11 is 1.31. The number of rotatable bonds is 16. The molecule has 0 bridgehead atoms. The van der Waals surface area contributed by atoms with Crippen molar-refractivity contribution in [2.24, 2.45) is 5.41 Å². The van der Waals surface area contributed by atoms with Crippen molar-refractivity contribution < 1.29 is 29.3 Å². The molecule has 1 fully saturated rings. The number of carbonyl (C=O) groups is 2. The maximum absolute atomic E-state index is 13.2. The molecule has 3 atom stereocenters. The third-order valence-corrected chi connectivity index (χ3v) is 11.2. The van der Waals surface area contributed by atoms with E-state index in [2.05, 4.69) is 59.8 Å². The van der Waals surface area contributed by atoms with E-state index < -0.39 is 11.5 Å². The number of phenols is 2. The van der Waals surface area contributed by atoms with E-state index in [0.717, 1.165) is 80.7 Å². The number of aromatic hydroxyl groups is 2. The van der Waals surface area contributed by atoms with Crippen molar-refractivity contribution in [1.82, 2.24) is 24.7 Å². The summed E-state index contributed by atoms with van der Waals surface area (Å²) in [5, 5.41) is 23.6. The van der Waals surface area contributed by atoms with E-state index in [1.807, 2.05) is 31.1 Å². The molecule has 2 unspecified atom stereocenters. The lowest BCUT2D eigenvalue weighted by atomic mass is 9.84. The summed E-state index contributed by atoms with van der Waals surface area (Å²) in [4.78, 5) is 31.0. The van der Waals surface area contributed by atoms with E-state index in [1.54, 1.807) is 49.7 Å². The number of phenolic OH excluding ortho intramolecular Hbond substituents is 2. The first-order chi connectivity index (χ1) is 26.9. The second kappa shape index (κ2) is 18.0. The summed E-state index contributed by atoms with van der Waals surface area (Å²) in [5.74, 6) is 0.0435. The highest BCUT2D eigenvalue weighted by Crippen LogP contribution is 2.42. The molecular formula is C44H53N5O6S. The first-order valence-corrected chi connectivity index (χ1v) is 20.0. The Hall–Kier alpha value is -4.72. The van der Waals surface area contributed by atoms with Crippen molar-refractivity contribution >= 4 is 35.1 Å². The van der Waals surface area contributed by atoms with Gasteiger partial charge in [0, 0.05) is 60.2 Å². The van der Waals surface area contributed by atoms with Crippen LogP contribution in [0.2, 0.25) is 0 Å². The molecule has 3 aromatic carbocycles. The topological polar surface area (TPSA) is 138 Å². The van der Waals surface area contributed by atoms with Crippen LogP contribution in [0.1, 0.15) is 63.5 Å². The Balaban J connectivity index is 1.37. The Labute approximate surface area is 333 Å². The number of aromatic nitrogens is 2. The molecule has 12 heteroatoms. The number of hydrogen-bond donors (Lipinski definition) is 4. The number of aryl methyl sites for hydroxylation is 1. The van der Waals surface area contributed by atoms with Gasteiger partial charge in [0.05, 0.1) is 30.1 Å². The van der Waals surface area contributed by atoms with E-state index in [9.17, 15) is 19.8 Å². The van der Waals surface area contributed by atoms with Crippen LogP contribution in [0.15, 0.2) is 83.9 Å². The van der Waals surface area contributed by atoms with Gasteiger partial charge in [0.25, 0.3) is 0 Å². The molecule has 3 heterocycles. The maximum Gasteiger partial charge on any atom is 0.324 e. The van der Waals surface area contributed by atoms with Crippen LogP contribution >= 0.6 is 11.9 Å². The van der Waals surface area contributed by atoms with Gasteiger partial charge in [0.1, 0.15) is 23.8 Å². The van der Waals surface area contributed by atoms with Gasteiger partial charge < -0.3 is 29.0 Å². The zero-order valence-corrected chi connectivity index (χ0v) is 33.9. The summed E-state index contributed by atoms with van der Waals surface area (Å²) in [7, 11) is 3.63. The molecule has 0 aliphatic carbocycles. The van der Waals surface area contributed by atoms with Gasteiger partial charge in [-0.1, -0.05) is 26.0 Å². The van der Waals surface area contributed by atoms with Crippen LogP contribution in [-0.2, 0) is 38.4 Å². The number of esters is 1. The molecule has 4 N–H and O–H groups in total. The summed E-state index contributed by atoms with van der Waals surface area (Å²) in [6, 6.07) is 21.7. The van der Waals surface area contributed by atoms with Crippen molar-refractivity contribution in [3.63, 3.8) is 0 Å². The SMILES string of the molecule is CCn1c(-c2cccnc2C(C)OC)c(CC(C)(C)COC(=O)[C@@H]2CCCN(C)N2)c2cc(-c3cc(O)cc(CC(C=O)NSc4ccc(O)cc4)c3)ccc21. The number of methoxy groups -OCH3 is 1. The summed E-state index contributed by atoms with van der Waals surface area (Å²) in [6.07, 6.45) is 5.05. The average molecular weight is 780 g/mol. The summed E-state index contributed by atoms with van der Waals surface area (Å²) < 4.78 is 17.3. The molecule has 56 heavy (non-hydrogen) atoms.